The molecule has 2 aromatic heterocycles. The fraction of sp³-hybridized carbons (Fsp3) is 0.308. The van der Waals surface area contributed by atoms with Crippen LogP contribution in [0.2, 0.25) is 0 Å². The summed E-state index contributed by atoms with van der Waals surface area (Å²) < 4.78 is 7.47. The number of rotatable bonds is 10. The third-order valence-corrected chi connectivity index (χ3v) is 5.61. The third kappa shape index (κ3) is 6.23. The molecule has 168 valence electrons. The maximum absolute atomic E-state index is 13.4. The van der Waals surface area contributed by atoms with E-state index in [2.05, 4.69) is 0 Å². The van der Waals surface area contributed by atoms with Crippen LogP contribution in [0.1, 0.15) is 37.3 Å². The maximum atomic E-state index is 13.4. The van der Waals surface area contributed by atoms with Gasteiger partial charge in [-0.15, -0.1) is 0 Å². The summed E-state index contributed by atoms with van der Waals surface area (Å²) in [6, 6.07) is 17.2. The Labute approximate surface area is 189 Å². The van der Waals surface area contributed by atoms with Gasteiger partial charge >= 0.3 is 0 Å². The molecule has 0 spiro atoms. The van der Waals surface area contributed by atoms with Gasteiger partial charge in [0.1, 0.15) is 12.3 Å². The molecule has 0 bridgehead atoms. The molecule has 6 nitrogen and oxygen atoms in total. The van der Waals surface area contributed by atoms with E-state index in [-0.39, 0.29) is 24.4 Å². The highest BCUT2D eigenvalue weighted by molar-refractivity contribution is 5.94. The van der Waals surface area contributed by atoms with Gasteiger partial charge in [-0.2, -0.15) is 0 Å². The van der Waals surface area contributed by atoms with E-state index in [1.54, 1.807) is 28.2 Å². The Morgan fingerprint density at radius 2 is 1.84 bits per heavy atom. The molecule has 0 radical (unpaired) electrons. The largest absolute Gasteiger partial charge is 0.467 e. The molecule has 2 heterocycles. The Morgan fingerprint density at radius 3 is 2.47 bits per heavy atom. The second-order valence-electron chi connectivity index (χ2n) is 7.91. The van der Waals surface area contributed by atoms with Crippen LogP contribution in [0.4, 0.5) is 0 Å². The average Bonchev–Trinajstić information content (AvgIpc) is 3.47. The number of aryl methyl sites for hydroxylation is 1. The fourth-order valence-electron chi connectivity index (χ4n) is 3.42. The molecule has 3 aromatic rings. The van der Waals surface area contributed by atoms with E-state index in [0.717, 1.165) is 17.7 Å². The van der Waals surface area contributed by atoms with Crippen molar-refractivity contribution in [3.8, 4) is 0 Å². The monoisotopic (exact) mass is 433 g/mol. The van der Waals surface area contributed by atoms with Crippen LogP contribution in [-0.2, 0) is 29.7 Å². The number of aromatic nitrogens is 1. The molecule has 0 aliphatic heterocycles. The van der Waals surface area contributed by atoms with Crippen LogP contribution in [0.15, 0.2) is 77.6 Å². The van der Waals surface area contributed by atoms with Crippen molar-refractivity contribution in [2.75, 3.05) is 6.54 Å². The molecule has 3 rings (SSSR count). The molecule has 32 heavy (non-hydrogen) atoms. The van der Waals surface area contributed by atoms with E-state index >= 15 is 0 Å². The topological polar surface area (TPSA) is 58.7 Å². The van der Waals surface area contributed by atoms with E-state index in [1.807, 2.05) is 86.3 Å². The lowest BCUT2D eigenvalue weighted by atomic mass is 10.2. The van der Waals surface area contributed by atoms with Crippen molar-refractivity contribution < 1.29 is 14.0 Å². The van der Waals surface area contributed by atoms with E-state index < -0.39 is 0 Å². The van der Waals surface area contributed by atoms with E-state index in [0.29, 0.717) is 18.8 Å². The Bertz CT molecular complexity index is 1020. The van der Waals surface area contributed by atoms with Crippen molar-refractivity contribution in [2.45, 2.75) is 39.4 Å². The lowest BCUT2D eigenvalue weighted by Crippen LogP contribution is -2.45. The summed E-state index contributed by atoms with van der Waals surface area (Å²) in [6.45, 7) is 4.78. The van der Waals surface area contributed by atoms with E-state index in [4.69, 9.17) is 4.42 Å². The first-order valence-corrected chi connectivity index (χ1v) is 10.9. The number of hydrogen-bond acceptors (Lipinski definition) is 3. The molecule has 1 aromatic carbocycles. The van der Waals surface area contributed by atoms with Crippen LogP contribution in [0.5, 0.6) is 0 Å². The molecule has 0 N–H and O–H groups in total. The number of carbonyl (C=O) groups is 2. The maximum Gasteiger partial charge on any atom is 0.247 e. The Kier molecular flexibility index (Phi) is 8.08. The van der Waals surface area contributed by atoms with Gasteiger partial charge in [-0.25, -0.2) is 0 Å². The van der Waals surface area contributed by atoms with Crippen molar-refractivity contribution in [3.63, 3.8) is 0 Å². The van der Waals surface area contributed by atoms with Crippen LogP contribution in [0.25, 0.3) is 6.08 Å². The molecule has 2 amide bonds. The summed E-state index contributed by atoms with van der Waals surface area (Å²) in [5.74, 6) is 0.413. The fourth-order valence-corrected chi connectivity index (χ4v) is 3.42. The van der Waals surface area contributed by atoms with Gasteiger partial charge < -0.3 is 18.8 Å². The first-order chi connectivity index (χ1) is 15.5. The molecule has 0 aliphatic carbocycles. The van der Waals surface area contributed by atoms with Gasteiger partial charge in [0.25, 0.3) is 0 Å². The number of carbonyl (C=O) groups excluding carboxylic acids is 2. The molecule has 0 saturated carbocycles. The summed E-state index contributed by atoms with van der Waals surface area (Å²) in [5, 5.41) is 0. The Balaban J connectivity index is 1.77. The summed E-state index contributed by atoms with van der Waals surface area (Å²) in [4.78, 5) is 29.8. The van der Waals surface area contributed by atoms with Gasteiger partial charge in [-0.3, -0.25) is 9.59 Å². The van der Waals surface area contributed by atoms with Gasteiger partial charge in [0.2, 0.25) is 11.8 Å². The summed E-state index contributed by atoms with van der Waals surface area (Å²) in [6.07, 6.45) is 7.64. The van der Waals surface area contributed by atoms with E-state index in [1.165, 1.54) is 0 Å². The minimum atomic E-state index is -0.173. The summed E-state index contributed by atoms with van der Waals surface area (Å²) in [5.41, 5.74) is 1.95. The van der Waals surface area contributed by atoms with Crippen molar-refractivity contribution >= 4 is 17.9 Å². The zero-order valence-corrected chi connectivity index (χ0v) is 19.0. The highest BCUT2D eigenvalue weighted by Crippen LogP contribution is 2.14. The Hall–Kier alpha value is -3.54. The first kappa shape index (κ1) is 23.1. The lowest BCUT2D eigenvalue weighted by molar-refractivity contribution is -0.140. The minimum absolute atomic E-state index is 0.0120. The van der Waals surface area contributed by atoms with Gasteiger partial charge in [0.15, 0.2) is 0 Å². The van der Waals surface area contributed by atoms with Crippen LogP contribution in [0, 0.1) is 0 Å². The number of hydrogen-bond donors (Lipinski definition) is 0. The number of furan rings is 1. The molecule has 1 unspecified atom stereocenters. The predicted molar refractivity (Wildman–Crippen MR) is 125 cm³/mol. The number of benzene rings is 1. The van der Waals surface area contributed by atoms with Crippen LogP contribution in [-0.4, -0.2) is 38.8 Å². The number of nitrogens with zero attached hydrogens (tertiary/aromatic N) is 3. The quantitative estimate of drug-likeness (QED) is 0.443. The number of amides is 2. The molecule has 0 fully saturated rings. The normalized spacial score (nSPS) is 12.1. The second-order valence-corrected chi connectivity index (χ2v) is 7.91. The van der Waals surface area contributed by atoms with Gasteiger partial charge in [-0.05, 0) is 49.2 Å². The zero-order chi connectivity index (χ0) is 22.9. The van der Waals surface area contributed by atoms with Crippen molar-refractivity contribution in [1.29, 1.82) is 0 Å². The van der Waals surface area contributed by atoms with Gasteiger partial charge in [-0.1, -0.05) is 37.3 Å². The second kappa shape index (κ2) is 11.2. The summed E-state index contributed by atoms with van der Waals surface area (Å²) >= 11 is 0. The Morgan fingerprint density at radius 1 is 1.06 bits per heavy atom. The van der Waals surface area contributed by atoms with Crippen LogP contribution in [0.3, 0.4) is 0 Å². The van der Waals surface area contributed by atoms with E-state index in [9.17, 15) is 9.59 Å². The van der Waals surface area contributed by atoms with Crippen LogP contribution >= 0.6 is 0 Å². The van der Waals surface area contributed by atoms with Gasteiger partial charge in [0.05, 0.1) is 19.4 Å². The van der Waals surface area contributed by atoms with Gasteiger partial charge in [0, 0.05) is 31.1 Å². The highest BCUT2D eigenvalue weighted by atomic mass is 16.3. The average molecular weight is 434 g/mol. The standard InChI is InChI=1S/C26H31N3O3/c1-4-21(2)29(25(30)15-14-22-10-6-5-7-11-22)20-26(31)28(19-24-13-9-17-32-24)18-23-12-8-16-27(23)3/h5-17,21H,4,18-20H2,1-3H3. The highest BCUT2D eigenvalue weighted by Gasteiger charge is 2.24. The molecular weight excluding hydrogens is 402 g/mol. The van der Waals surface area contributed by atoms with Crippen molar-refractivity contribution in [2.24, 2.45) is 7.05 Å². The van der Waals surface area contributed by atoms with Crippen molar-refractivity contribution in [1.82, 2.24) is 14.4 Å². The third-order valence-electron chi connectivity index (χ3n) is 5.61. The summed E-state index contributed by atoms with van der Waals surface area (Å²) in [7, 11) is 1.95. The van der Waals surface area contributed by atoms with Crippen LogP contribution < -0.4 is 0 Å². The smallest absolute Gasteiger partial charge is 0.247 e. The molecule has 1 atom stereocenters. The molecule has 6 heteroatoms. The zero-order valence-electron chi connectivity index (χ0n) is 19.0. The first-order valence-electron chi connectivity index (χ1n) is 10.9. The lowest BCUT2D eigenvalue weighted by Gasteiger charge is -2.30. The SMILES string of the molecule is CCC(C)N(CC(=O)N(Cc1ccco1)Cc1cccn1C)C(=O)C=Cc1ccccc1. The van der Waals surface area contributed by atoms with Crippen molar-refractivity contribution in [3.05, 3.63) is 90.2 Å². The molecule has 0 saturated heterocycles. The predicted octanol–water partition coefficient (Wildman–Crippen LogP) is 4.49. The molecular formula is C26H31N3O3. The molecule has 0 aliphatic rings. The minimum Gasteiger partial charge on any atom is -0.467 e.